The van der Waals surface area contributed by atoms with Gasteiger partial charge in [-0.05, 0) is 31.7 Å². The van der Waals surface area contributed by atoms with Crippen LogP contribution in [0.1, 0.15) is 24.9 Å². The van der Waals surface area contributed by atoms with Gasteiger partial charge < -0.3 is 10.2 Å². The van der Waals surface area contributed by atoms with E-state index >= 15 is 0 Å². The summed E-state index contributed by atoms with van der Waals surface area (Å²) in [7, 11) is 3.21. The molecule has 1 aromatic rings. The van der Waals surface area contributed by atoms with Gasteiger partial charge in [-0.1, -0.05) is 6.07 Å². The number of halogens is 4. The average Bonchev–Trinajstić information content (AvgIpc) is 2.34. The molecule has 0 amide bonds. The Labute approximate surface area is 110 Å². The number of hydrogen-bond acceptors (Lipinski definition) is 2. The van der Waals surface area contributed by atoms with Crippen LogP contribution < -0.4 is 10.2 Å². The molecule has 0 heterocycles. The molecule has 0 saturated carbocycles. The van der Waals surface area contributed by atoms with Gasteiger partial charge in [0.25, 0.3) is 0 Å². The molecule has 0 fully saturated rings. The predicted molar refractivity (Wildman–Crippen MR) is 67.8 cm³/mol. The largest absolute Gasteiger partial charge is 0.390 e. The first-order valence-electron chi connectivity index (χ1n) is 5.99. The van der Waals surface area contributed by atoms with Gasteiger partial charge >= 0.3 is 6.18 Å². The number of benzene rings is 1. The van der Waals surface area contributed by atoms with Crippen LogP contribution >= 0.6 is 0 Å². The molecule has 19 heavy (non-hydrogen) atoms. The Hall–Kier alpha value is -1.30. The van der Waals surface area contributed by atoms with Gasteiger partial charge in [-0.25, -0.2) is 4.39 Å². The molecule has 0 radical (unpaired) electrons. The SMILES string of the molecule is CNC(C)c1ccc(N(C)CCC(F)(F)F)c(F)c1. The summed E-state index contributed by atoms with van der Waals surface area (Å²) in [5.41, 5.74) is 0.935. The maximum atomic E-state index is 13.9. The van der Waals surface area contributed by atoms with Gasteiger partial charge in [-0.3, -0.25) is 0 Å². The standard InChI is InChI=1S/C13H18F4N2/c1-9(18-2)10-4-5-12(11(14)8-10)19(3)7-6-13(15,16)17/h4-5,8-9,18H,6-7H2,1-3H3. The van der Waals surface area contributed by atoms with Crippen molar-refractivity contribution in [2.75, 3.05) is 25.5 Å². The summed E-state index contributed by atoms with van der Waals surface area (Å²) in [6.07, 6.45) is -5.19. The molecule has 0 bridgehead atoms. The minimum Gasteiger partial charge on any atom is -0.372 e. The highest BCUT2D eigenvalue weighted by molar-refractivity contribution is 5.48. The van der Waals surface area contributed by atoms with Crippen LogP contribution in [0.25, 0.3) is 0 Å². The van der Waals surface area contributed by atoms with Crippen LogP contribution in [0.2, 0.25) is 0 Å². The second-order valence-electron chi connectivity index (χ2n) is 4.51. The van der Waals surface area contributed by atoms with Crippen molar-refractivity contribution < 1.29 is 17.6 Å². The van der Waals surface area contributed by atoms with Crippen LogP contribution in [0.3, 0.4) is 0 Å². The van der Waals surface area contributed by atoms with E-state index < -0.39 is 18.4 Å². The molecule has 0 spiro atoms. The summed E-state index contributed by atoms with van der Waals surface area (Å²) >= 11 is 0. The van der Waals surface area contributed by atoms with E-state index in [-0.39, 0.29) is 18.3 Å². The smallest absolute Gasteiger partial charge is 0.372 e. The predicted octanol–water partition coefficient (Wildman–Crippen LogP) is 3.49. The second-order valence-corrected chi connectivity index (χ2v) is 4.51. The molecule has 0 aliphatic carbocycles. The molecule has 0 aromatic heterocycles. The summed E-state index contributed by atoms with van der Waals surface area (Å²) in [6, 6.07) is 4.56. The zero-order valence-corrected chi connectivity index (χ0v) is 11.2. The number of alkyl halides is 3. The molecule has 0 aliphatic rings. The van der Waals surface area contributed by atoms with Crippen LogP contribution in [-0.4, -0.2) is 26.8 Å². The summed E-state index contributed by atoms with van der Waals surface area (Å²) in [4.78, 5) is 1.27. The van der Waals surface area contributed by atoms with Crippen molar-refractivity contribution in [3.05, 3.63) is 29.6 Å². The molecule has 2 nitrogen and oxygen atoms in total. The molecule has 0 saturated heterocycles. The van der Waals surface area contributed by atoms with E-state index in [1.807, 2.05) is 6.92 Å². The van der Waals surface area contributed by atoms with Gasteiger partial charge in [0.1, 0.15) is 5.82 Å². The van der Waals surface area contributed by atoms with Crippen molar-refractivity contribution in [3.8, 4) is 0 Å². The number of nitrogens with one attached hydrogen (secondary N) is 1. The molecule has 1 atom stereocenters. The molecule has 1 N–H and O–H groups in total. The summed E-state index contributed by atoms with van der Waals surface area (Å²) in [5.74, 6) is -0.510. The van der Waals surface area contributed by atoms with E-state index in [1.54, 1.807) is 13.1 Å². The third kappa shape index (κ3) is 4.70. The van der Waals surface area contributed by atoms with E-state index in [0.717, 1.165) is 5.56 Å². The molecule has 1 aromatic carbocycles. The minimum absolute atomic E-state index is 0.0102. The Morgan fingerprint density at radius 1 is 1.32 bits per heavy atom. The Kier molecular flexibility index (Phi) is 5.17. The number of nitrogens with zero attached hydrogens (tertiary/aromatic N) is 1. The molecule has 1 unspecified atom stereocenters. The van der Waals surface area contributed by atoms with Gasteiger partial charge in [0.05, 0.1) is 12.1 Å². The third-order valence-corrected chi connectivity index (χ3v) is 3.05. The van der Waals surface area contributed by atoms with Crippen LogP contribution in [0.5, 0.6) is 0 Å². The molecule has 6 heteroatoms. The first-order chi connectivity index (χ1) is 8.74. The molecular formula is C13H18F4N2. The maximum Gasteiger partial charge on any atom is 0.390 e. The van der Waals surface area contributed by atoms with Gasteiger partial charge in [-0.2, -0.15) is 13.2 Å². The van der Waals surface area contributed by atoms with Gasteiger partial charge in [0.2, 0.25) is 0 Å². The highest BCUT2D eigenvalue weighted by atomic mass is 19.4. The number of hydrogen-bond donors (Lipinski definition) is 1. The van der Waals surface area contributed by atoms with Crippen LogP contribution in [0.15, 0.2) is 18.2 Å². The topological polar surface area (TPSA) is 15.3 Å². The third-order valence-electron chi connectivity index (χ3n) is 3.05. The second kappa shape index (κ2) is 6.23. The minimum atomic E-state index is -4.23. The summed E-state index contributed by atoms with van der Waals surface area (Å²) in [6.45, 7) is 1.61. The fraction of sp³-hybridized carbons (Fsp3) is 0.538. The van der Waals surface area contributed by atoms with Crippen molar-refractivity contribution in [2.24, 2.45) is 0 Å². The highest BCUT2D eigenvalue weighted by Crippen LogP contribution is 2.25. The maximum absolute atomic E-state index is 13.9. The van der Waals surface area contributed by atoms with Crippen molar-refractivity contribution in [1.29, 1.82) is 0 Å². The quantitative estimate of drug-likeness (QED) is 0.829. The van der Waals surface area contributed by atoms with Gasteiger partial charge in [0, 0.05) is 19.6 Å². The number of anilines is 1. The lowest BCUT2D eigenvalue weighted by molar-refractivity contribution is -0.132. The van der Waals surface area contributed by atoms with Crippen LogP contribution in [0, 0.1) is 5.82 Å². The first kappa shape index (κ1) is 15.8. The summed E-state index contributed by atoms with van der Waals surface area (Å²) < 4.78 is 50.2. The van der Waals surface area contributed by atoms with Crippen LogP contribution in [0.4, 0.5) is 23.2 Å². The van der Waals surface area contributed by atoms with Crippen molar-refractivity contribution in [1.82, 2.24) is 5.32 Å². The fourth-order valence-corrected chi connectivity index (χ4v) is 1.68. The zero-order chi connectivity index (χ0) is 14.6. The lowest BCUT2D eigenvalue weighted by atomic mass is 10.1. The van der Waals surface area contributed by atoms with E-state index in [9.17, 15) is 17.6 Å². The monoisotopic (exact) mass is 278 g/mol. The van der Waals surface area contributed by atoms with Crippen molar-refractivity contribution in [3.63, 3.8) is 0 Å². The molecule has 108 valence electrons. The first-order valence-corrected chi connectivity index (χ1v) is 5.99. The Morgan fingerprint density at radius 2 is 1.95 bits per heavy atom. The van der Waals surface area contributed by atoms with Crippen molar-refractivity contribution in [2.45, 2.75) is 25.6 Å². The van der Waals surface area contributed by atoms with E-state index in [1.165, 1.54) is 24.1 Å². The van der Waals surface area contributed by atoms with Gasteiger partial charge in [0.15, 0.2) is 0 Å². The summed E-state index contributed by atoms with van der Waals surface area (Å²) in [5, 5.41) is 2.97. The van der Waals surface area contributed by atoms with E-state index in [4.69, 9.17) is 0 Å². The molecule has 0 aliphatic heterocycles. The average molecular weight is 278 g/mol. The molecular weight excluding hydrogens is 260 g/mol. The Balaban J connectivity index is 2.79. The van der Waals surface area contributed by atoms with E-state index in [0.29, 0.717) is 0 Å². The lowest BCUT2D eigenvalue weighted by Gasteiger charge is -2.22. The fourth-order valence-electron chi connectivity index (χ4n) is 1.68. The molecule has 1 rings (SSSR count). The van der Waals surface area contributed by atoms with Gasteiger partial charge in [-0.15, -0.1) is 0 Å². The van der Waals surface area contributed by atoms with Crippen molar-refractivity contribution >= 4 is 5.69 Å². The number of rotatable bonds is 5. The highest BCUT2D eigenvalue weighted by Gasteiger charge is 2.27. The normalized spacial score (nSPS) is 13.4. The zero-order valence-electron chi connectivity index (χ0n) is 11.2. The Bertz CT molecular complexity index is 418. The van der Waals surface area contributed by atoms with E-state index in [2.05, 4.69) is 5.32 Å². The Morgan fingerprint density at radius 3 is 2.42 bits per heavy atom. The lowest BCUT2D eigenvalue weighted by Crippen LogP contribution is -2.25. The van der Waals surface area contributed by atoms with Crippen LogP contribution in [-0.2, 0) is 0 Å².